The van der Waals surface area contributed by atoms with Gasteiger partial charge in [0.25, 0.3) is 0 Å². The summed E-state index contributed by atoms with van der Waals surface area (Å²) in [5.74, 6) is 0.906. The molecule has 0 aromatic heterocycles. The van der Waals surface area contributed by atoms with Crippen molar-refractivity contribution in [2.24, 2.45) is 4.51 Å². The van der Waals surface area contributed by atoms with Crippen molar-refractivity contribution in [2.75, 3.05) is 0 Å². The molecule has 0 aliphatic heterocycles. The third-order valence-corrected chi connectivity index (χ3v) is 3.75. The summed E-state index contributed by atoms with van der Waals surface area (Å²) in [6.07, 6.45) is 0. The van der Waals surface area contributed by atoms with Gasteiger partial charge in [-0.2, -0.15) is 4.51 Å². The second-order valence-corrected chi connectivity index (χ2v) is 4.87. The van der Waals surface area contributed by atoms with Crippen molar-refractivity contribution in [1.29, 1.82) is 0 Å². The zero-order chi connectivity index (χ0) is 11.4. The summed E-state index contributed by atoms with van der Waals surface area (Å²) in [6, 6.07) is 14.8. The largest absolute Gasteiger partial charge is 0.176 e. The summed E-state index contributed by atoms with van der Waals surface area (Å²) in [5, 5.41) is 3.48. The van der Waals surface area contributed by atoms with Gasteiger partial charge in [0.05, 0.1) is 5.04 Å². The van der Waals surface area contributed by atoms with Crippen LogP contribution >= 0.6 is 23.5 Å². The van der Waals surface area contributed by atoms with Crippen LogP contribution in [0.4, 0.5) is 0 Å². The minimum Gasteiger partial charge on any atom is -0.176 e. The Morgan fingerprint density at radius 3 is 2.75 bits per heavy atom. The number of rotatable bonds is 2. The van der Waals surface area contributed by atoms with E-state index in [2.05, 4.69) is 47.0 Å². The van der Waals surface area contributed by atoms with Gasteiger partial charge in [0, 0.05) is 17.5 Å². The van der Waals surface area contributed by atoms with E-state index in [-0.39, 0.29) is 0 Å². The van der Waals surface area contributed by atoms with Crippen molar-refractivity contribution in [3.05, 3.63) is 48.0 Å². The van der Waals surface area contributed by atoms with Crippen molar-refractivity contribution < 1.29 is 0 Å². The van der Waals surface area contributed by atoms with E-state index in [1.807, 2.05) is 6.92 Å². The van der Waals surface area contributed by atoms with Crippen LogP contribution in [-0.2, 0) is 5.75 Å². The predicted octanol–water partition coefficient (Wildman–Crippen LogP) is 4.65. The van der Waals surface area contributed by atoms with Crippen molar-refractivity contribution >= 4 is 39.4 Å². The first-order chi connectivity index (χ1) is 7.81. The summed E-state index contributed by atoms with van der Waals surface area (Å²) in [5.41, 5.74) is 1.32. The fourth-order valence-electron chi connectivity index (χ4n) is 1.62. The molecular formula is C13H12ClNS. The SMILES string of the molecule is C/C(=N\Cl)SCc1cccc2ccccc12. The fourth-order valence-corrected chi connectivity index (χ4v) is 2.44. The van der Waals surface area contributed by atoms with Gasteiger partial charge in [-0.3, -0.25) is 0 Å². The lowest BCUT2D eigenvalue weighted by Gasteiger charge is -2.05. The van der Waals surface area contributed by atoms with E-state index < -0.39 is 0 Å². The Labute approximate surface area is 105 Å². The molecule has 82 valence electrons. The quantitative estimate of drug-likeness (QED) is 0.558. The molecule has 3 heteroatoms. The summed E-state index contributed by atoms with van der Waals surface area (Å²) in [6.45, 7) is 1.92. The minimum absolute atomic E-state index is 0.898. The Morgan fingerprint density at radius 1 is 1.19 bits per heavy atom. The summed E-state index contributed by atoms with van der Waals surface area (Å²) in [7, 11) is 0. The first-order valence-electron chi connectivity index (χ1n) is 5.06. The summed E-state index contributed by atoms with van der Waals surface area (Å²) in [4.78, 5) is 0. The molecule has 0 bridgehead atoms. The standard InChI is InChI=1S/C13H12ClNS/c1-10(15-14)16-9-12-7-4-6-11-5-2-3-8-13(11)12/h2-8H,9H2,1H3/b15-10+. The van der Waals surface area contributed by atoms with Crippen molar-refractivity contribution in [3.63, 3.8) is 0 Å². The maximum absolute atomic E-state index is 5.40. The van der Waals surface area contributed by atoms with Gasteiger partial charge in [0.2, 0.25) is 0 Å². The van der Waals surface area contributed by atoms with Crippen LogP contribution < -0.4 is 0 Å². The average Bonchev–Trinajstić information content (AvgIpc) is 2.35. The van der Waals surface area contributed by atoms with E-state index in [1.165, 1.54) is 16.3 Å². The highest BCUT2D eigenvalue weighted by molar-refractivity contribution is 8.13. The van der Waals surface area contributed by atoms with Gasteiger partial charge in [-0.25, -0.2) is 0 Å². The normalized spacial score (nSPS) is 12.0. The number of hydrogen-bond donors (Lipinski definition) is 0. The van der Waals surface area contributed by atoms with Gasteiger partial charge < -0.3 is 0 Å². The van der Waals surface area contributed by atoms with Gasteiger partial charge in [-0.05, 0) is 23.3 Å². The Kier molecular flexibility index (Phi) is 3.86. The minimum atomic E-state index is 0.898. The third kappa shape index (κ3) is 2.57. The molecule has 0 atom stereocenters. The number of fused-ring (bicyclic) bond motifs is 1. The maximum Gasteiger partial charge on any atom is 0.0851 e. The fraction of sp³-hybridized carbons (Fsp3) is 0.154. The molecule has 0 N–H and O–H groups in total. The van der Waals surface area contributed by atoms with Gasteiger partial charge in [-0.15, -0.1) is 11.8 Å². The monoisotopic (exact) mass is 249 g/mol. The van der Waals surface area contributed by atoms with Gasteiger partial charge >= 0.3 is 0 Å². The smallest absolute Gasteiger partial charge is 0.0851 e. The Hall–Kier alpha value is -0.990. The van der Waals surface area contributed by atoms with Crippen LogP contribution in [0.25, 0.3) is 10.8 Å². The molecule has 2 aromatic rings. The Morgan fingerprint density at radius 2 is 1.94 bits per heavy atom. The number of halogens is 1. The number of benzene rings is 2. The van der Waals surface area contributed by atoms with Crippen molar-refractivity contribution in [2.45, 2.75) is 12.7 Å². The van der Waals surface area contributed by atoms with Crippen LogP contribution in [0.2, 0.25) is 0 Å². The lowest BCUT2D eigenvalue weighted by molar-refractivity contribution is 1.47. The van der Waals surface area contributed by atoms with Gasteiger partial charge in [0.1, 0.15) is 0 Å². The van der Waals surface area contributed by atoms with Crippen LogP contribution in [0.3, 0.4) is 0 Å². The summed E-state index contributed by atoms with van der Waals surface area (Å²) < 4.78 is 3.64. The molecule has 0 unspecified atom stereocenters. The third-order valence-electron chi connectivity index (χ3n) is 2.44. The molecule has 0 spiro atoms. The topological polar surface area (TPSA) is 12.4 Å². The second-order valence-electron chi connectivity index (χ2n) is 3.53. The molecule has 1 nitrogen and oxygen atoms in total. The van der Waals surface area contributed by atoms with Crippen LogP contribution in [0.1, 0.15) is 12.5 Å². The highest BCUT2D eigenvalue weighted by Crippen LogP contribution is 2.23. The number of thioether (sulfide) groups is 1. The second kappa shape index (κ2) is 5.37. The first-order valence-corrected chi connectivity index (χ1v) is 6.38. The lowest BCUT2D eigenvalue weighted by atomic mass is 10.1. The van der Waals surface area contributed by atoms with E-state index in [9.17, 15) is 0 Å². The van der Waals surface area contributed by atoms with Crippen LogP contribution in [-0.4, -0.2) is 5.04 Å². The number of nitrogens with zero attached hydrogens (tertiary/aromatic N) is 1. The molecule has 0 saturated heterocycles. The van der Waals surface area contributed by atoms with Gasteiger partial charge in [-0.1, -0.05) is 42.5 Å². The van der Waals surface area contributed by atoms with E-state index in [4.69, 9.17) is 11.8 Å². The highest BCUT2D eigenvalue weighted by Gasteiger charge is 2.01. The molecule has 0 radical (unpaired) electrons. The molecular weight excluding hydrogens is 238 g/mol. The average molecular weight is 250 g/mol. The van der Waals surface area contributed by atoms with Crippen LogP contribution in [0, 0.1) is 0 Å². The van der Waals surface area contributed by atoms with Crippen LogP contribution in [0.5, 0.6) is 0 Å². The maximum atomic E-state index is 5.40. The van der Waals surface area contributed by atoms with Crippen LogP contribution in [0.15, 0.2) is 47.0 Å². The van der Waals surface area contributed by atoms with E-state index in [0.29, 0.717) is 0 Å². The molecule has 0 aliphatic rings. The first kappa shape index (κ1) is 11.5. The molecule has 2 aromatic carbocycles. The zero-order valence-electron chi connectivity index (χ0n) is 8.98. The molecule has 16 heavy (non-hydrogen) atoms. The molecule has 0 aliphatic carbocycles. The molecule has 0 heterocycles. The lowest BCUT2D eigenvalue weighted by Crippen LogP contribution is -1.87. The molecule has 0 amide bonds. The Bertz CT molecular complexity index is 517. The van der Waals surface area contributed by atoms with E-state index in [0.717, 1.165) is 10.8 Å². The zero-order valence-corrected chi connectivity index (χ0v) is 10.6. The van der Waals surface area contributed by atoms with Gasteiger partial charge in [0.15, 0.2) is 0 Å². The molecule has 2 rings (SSSR count). The molecule has 0 fully saturated rings. The van der Waals surface area contributed by atoms with E-state index in [1.54, 1.807) is 11.8 Å². The Balaban J connectivity index is 2.30. The van der Waals surface area contributed by atoms with Crippen molar-refractivity contribution in [3.8, 4) is 0 Å². The highest BCUT2D eigenvalue weighted by atomic mass is 35.5. The summed E-state index contributed by atoms with van der Waals surface area (Å²) >= 11 is 7.07. The number of hydrogen-bond acceptors (Lipinski definition) is 2. The predicted molar refractivity (Wildman–Crippen MR) is 74.2 cm³/mol. The van der Waals surface area contributed by atoms with E-state index >= 15 is 0 Å². The molecule has 0 saturated carbocycles. The van der Waals surface area contributed by atoms with Crippen molar-refractivity contribution in [1.82, 2.24) is 0 Å².